The number of aryl methyl sites for hydroxylation is 2. The minimum absolute atomic E-state index is 1.05. The maximum atomic E-state index is 4.16. The van der Waals surface area contributed by atoms with Crippen molar-refractivity contribution in [2.24, 2.45) is 0 Å². The van der Waals surface area contributed by atoms with E-state index in [1.54, 1.807) is 0 Å². The van der Waals surface area contributed by atoms with Crippen molar-refractivity contribution in [2.75, 3.05) is 0 Å². The smallest absolute Gasteiger partial charge is 0.0725 e. The summed E-state index contributed by atoms with van der Waals surface area (Å²) in [6.45, 7) is 5.52. The lowest BCUT2D eigenvalue weighted by Crippen LogP contribution is -2.05. The molecule has 0 saturated carbocycles. The van der Waals surface area contributed by atoms with Gasteiger partial charge < -0.3 is 0 Å². The molecule has 0 fully saturated rings. The van der Waals surface area contributed by atoms with E-state index in [2.05, 4.69) is 28.8 Å². The zero-order chi connectivity index (χ0) is 13.1. The SMILES string of the molecule is CCCCCCCCCCn1nncc1CCC. The van der Waals surface area contributed by atoms with E-state index in [1.165, 1.54) is 63.5 Å². The standard InChI is InChI=1S/C15H29N3/c1-3-5-6-7-8-9-10-11-13-18-15(12-4-2)14-16-17-18/h14H,3-13H2,1-2H3. The van der Waals surface area contributed by atoms with E-state index in [0.29, 0.717) is 0 Å². The highest BCUT2D eigenvalue weighted by atomic mass is 15.4. The first-order chi connectivity index (χ1) is 8.88. The van der Waals surface area contributed by atoms with Crippen molar-refractivity contribution in [1.82, 2.24) is 15.0 Å². The van der Waals surface area contributed by atoms with Crippen molar-refractivity contribution in [2.45, 2.75) is 84.6 Å². The van der Waals surface area contributed by atoms with Crippen LogP contribution in [-0.2, 0) is 13.0 Å². The van der Waals surface area contributed by atoms with Crippen molar-refractivity contribution in [3.05, 3.63) is 11.9 Å². The van der Waals surface area contributed by atoms with Gasteiger partial charge in [-0.1, -0.05) is 70.4 Å². The maximum absolute atomic E-state index is 4.16. The maximum Gasteiger partial charge on any atom is 0.0725 e. The second-order valence-corrected chi connectivity index (χ2v) is 5.17. The molecule has 1 aromatic rings. The summed E-state index contributed by atoms with van der Waals surface area (Å²) in [5, 5.41) is 8.16. The minimum atomic E-state index is 1.05. The summed E-state index contributed by atoms with van der Waals surface area (Å²) in [5.74, 6) is 0. The molecule has 0 spiro atoms. The molecule has 0 aliphatic rings. The number of unbranched alkanes of at least 4 members (excludes halogenated alkanes) is 7. The van der Waals surface area contributed by atoms with E-state index in [0.717, 1.165) is 13.0 Å². The van der Waals surface area contributed by atoms with Crippen LogP contribution in [0.4, 0.5) is 0 Å². The summed E-state index contributed by atoms with van der Waals surface area (Å²) in [5.41, 5.74) is 1.29. The Bertz CT molecular complexity index is 294. The molecule has 0 aliphatic heterocycles. The normalized spacial score (nSPS) is 11.0. The molecule has 0 aliphatic carbocycles. The average Bonchev–Trinajstić information content (AvgIpc) is 2.81. The molecule has 0 aromatic carbocycles. The summed E-state index contributed by atoms with van der Waals surface area (Å²) < 4.78 is 2.08. The summed E-state index contributed by atoms with van der Waals surface area (Å²) in [7, 11) is 0. The summed E-state index contributed by atoms with van der Waals surface area (Å²) in [6.07, 6.45) is 15.1. The van der Waals surface area contributed by atoms with E-state index >= 15 is 0 Å². The van der Waals surface area contributed by atoms with Crippen LogP contribution in [0.1, 0.15) is 77.3 Å². The first kappa shape index (κ1) is 15.2. The molecule has 104 valence electrons. The molecule has 0 atom stereocenters. The Morgan fingerprint density at radius 2 is 1.56 bits per heavy atom. The largest absolute Gasteiger partial charge is 0.249 e. The van der Waals surface area contributed by atoms with Gasteiger partial charge in [-0.25, -0.2) is 4.68 Å². The number of aromatic nitrogens is 3. The van der Waals surface area contributed by atoms with E-state index in [9.17, 15) is 0 Å². The summed E-state index contributed by atoms with van der Waals surface area (Å²) >= 11 is 0. The fraction of sp³-hybridized carbons (Fsp3) is 0.867. The molecule has 0 saturated heterocycles. The van der Waals surface area contributed by atoms with Crippen LogP contribution >= 0.6 is 0 Å². The van der Waals surface area contributed by atoms with Gasteiger partial charge in [-0.2, -0.15) is 0 Å². The Labute approximate surface area is 112 Å². The van der Waals surface area contributed by atoms with Crippen molar-refractivity contribution in [3.63, 3.8) is 0 Å². The topological polar surface area (TPSA) is 30.7 Å². The highest BCUT2D eigenvalue weighted by molar-refractivity contribution is 4.93. The van der Waals surface area contributed by atoms with Crippen LogP contribution in [0.5, 0.6) is 0 Å². The van der Waals surface area contributed by atoms with Gasteiger partial charge in [0, 0.05) is 6.54 Å². The monoisotopic (exact) mass is 251 g/mol. The molecule has 3 heteroatoms. The van der Waals surface area contributed by atoms with Gasteiger partial charge >= 0.3 is 0 Å². The average molecular weight is 251 g/mol. The van der Waals surface area contributed by atoms with E-state index < -0.39 is 0 Å². The first-order valence-corrected chi connectivity index (χ1v) is 7.75. The highest BCUT2D eigenvalue weighted by Crippen LogP contribution is 2.09. The Morgan fingerprint density at radius 1 is 0.889 bits per heavy atom. The van der Waals surface area contributed by atoms with Gasteiger partial charge in [0.25, 0.3) is 0 Å². The number of nitrogens with zero attached hydrogens (tertiary/aromatic N) is 3. The molecule has 0 bridgehead atoms. The Morgan fingerprint density at radius 3 is 2.22 bits per heavy atom. The van der Waals surface area contributed by atoms with Gasteiger partial charge in [0.1, 0.15) is 0 Å². The van der Waals surface area contributed by atoms with Crippen LogP contribution in [0.2, 0.25) is 0 Å². The third-order valence-corrected chi connectivity index (χ3v) is 3.43. The van der Waals surface area contributed by atoms with Crippen LogP contribution in [0.3, 0.4) is 0 Å². The van der Waals surface area contributed by atoms with Gasteiger partial charge in [0.05, 0.1) is 11.9 Å². The quantitative estimate of drug-likeness (QED) is 0.547. The molecule has 3 nitrogen and oxygen atoms in total. The number of hydrogen-bond donors (Lipinski definition) is 0. The van der Waals surface area contributed by atoms with E-state index in [1.807, 2.05) is 6.20 Å². The van der Waals surface area contributed by atoms with Gasteiger partial charge in [0.15, 0.2) is 0 Å². The van der Waals surface area contributed by atoms with Gasteiger partial charge in [-0.15, -0.1) is 5.10 Å². The molecule has 18 heavy (non-hydrogen) atoms. The zero-order valence-corrected chi connectivity index (χ0v) is 12.2. The lowest BCUT2D eigenvalue weighted by Gasteiger charge is -2.05. The molecule has 0 amide bonds. The van der Waals surface area contributed by atoms with Gasteiger partial charge in [-0.05, 0) is 12.8 Å². The lowest BCUT2D eigenvalue weighted by molar-refractivity contribution is 0.498. The Kier molecular flexibility index (Phi) is 8.53. The fourth-order valence-electron chi connectivity index (χ4n) is 2.31. The lowest BCUT2D eigenvalue weighted by atomic mass is 10.1. The summed E-state index contributed by atoms with van der Waals surface area (Å²) in [6, 6.07) is 0. The first-order valence-electron chi connectivity index (χ1n) is 7.75. The number of rotatable bonds is 11. The Balaban J connectivity index is 2.01. The Hall–Kier alpha value is -0.860. The number of hydrogen-bond acceptors (Lipinski definition) is 2. The third-order valence-electron chi connectivity index (χ3n) is 3.43. The summed E-state index contributed by atoms with van der Waals surface area (Å²) in [4.78, 5) is 0. The predicted molar refractivity (Wildman–Crippen MR) is 76.6 cm³/mol. The van der Waals surface area contributed by atoms with Gasteiger partial charge in [-0.3, -0.25) is 0 Å². The van der Waals surface area contributed by atoms with Crippen LogP contribution in [-0.4, -0.2) is 15.0 Å². The molecule has 1 aromatic heterocycles. The molecule has 0 unspecified atom stereocenters. The fourth-order valence-corrected chi connectivity index (χ4v) is 2.31. The minimum Gasteiger partial charge on any atom is -0.249 e. The van der Waals surface area contributed by atoms with Crippen LogP contribution in [0.15, 0.2) is 6.20 Å². The molecule has 1 heterocycles. The van der Waals surface area contributed by atoms with Crippen molar-refractivity contribution < 1.29 is 0 Å². The molecular formula is C15H29N3. The van der Waals surface area contributed by atoms with Gasteiger partial charge in [0.2, 0.25) is 0 Å². The zero-order valence-electron chi connectivity index (χ0n) is 12.2. The van der Waals surface area contributed by atoms with Crippen molar-refractivity contribution >= 4 is 0 Å². The molecular weight excluding hydrogens is 222 g/mol. The molecule has 0 N–H and O–H groups in total. The third kappa shape index (κ3) is 6.18. The van der Waals surface area contributed by atoms with E-state index in [-0.39, 0.29) is 0 Å². The second-order valence-electron chi connectivity index (χ2n) is 5.17. The predicted octanol–water partition coefficient (Wildman–Crippen LogP) is 4.37. The van der Waals surface area contributed by atoms with Crippen molar-refractivity contribution in [1.29, 1.82) is 0 Å². The highest BCUT2D eigenvalue weighted by Gasteiger charge is 2.01. The van der Waals surface area contributed by atoms with Crippen LogP contribution < -0.4 is 0 Å². The van der Waals surface area contributed by atoms with Crippen LogP contribution in [0, 0.1) is 0 Å². The van der Waals surface area contributed by atoms with Crippen LogP contribution in [0.25, 0.3) is 0 Å². The molecule has 1 rings (SSSR count). The van der Waals surface area contributed by atoms with Crippen molar-refractivity contribution in [3.8, 4) is 0 Å². The van der Waals surface area contributed by atoms with E-state index in [4.69, 9.17) is 0 Å². The molecule has 0 radical (unpaired) electrons. The second kappa shape index (κ2) is 10.1.